The van der Waals surface area contributed by atoms with Crippen molar-refractivity contribution in [1.29, 1.82) is 0 Å². The van der Waals surface area contributed by atoms with Crippen LogP contribution in [-0.4, -0.2) is 4.98 Å². The maximum Gasteiger partial charge on any atom is 0.0919 e. The highest BCUT2D eigenvalue weighted by atomic mass is 127. The summed E-state index contributed by atoms with van der Waals surface area (Å²) in [6.45, 7) is 0. The van der Waals surface area contributed by atoms with E-state index in [0.29, 0.717) is 20.6 Å². The Kier molecular flexibility index (Phi) is 3.07. The number of benzene rings is 1. The van der Waals surface area contributed by atoms with Crippen LogP contribution in [0.25, 0.3) is 10.9 Å². The number of aromatic nitrogens is 1. The van der Waals surface area contributed by atoms with Crippen molar-refractivity contribution in [2.45, 2.75) is 0 Å². The van der Waals surface area contributed by atoms with Gasteiger partial charge in [0.2, 0.25) is 0 Å². The van der Waals surface area contributed by atoms with Crippen LogP contribution in [0, 0.1) is 3.57 Å². The summed E-state index contributed by atoms with van der Waals surface area (Å²) in [6, 6.07) is 3.54. The van der Waals surface area contributed by atoms with Crippen molar-refractivity contribution in [2.24, 2.45) is 0 Å². The van der Waals surface area contributed by atoms with Gasteiger partial charge < -0.3 is 0 Å². The van der Waals surface area contributed by atoms with E-state index in [2.05, 4.69) is 27.6 Å². The van der Waals surface area contributed by atoms with Crippen molar-refractivity contribution >= 4 is 68.3 Å². The van der Waals surface area contributed by atoms with Gasteiger partial charge in [0.05, 0.1) is 24.2 Å². The molecule has 0 aliphatic rings. The Hall–Kier alpha value is 0.230. The summed E-state index contributed by atoms with van der Waals surface area (Å²) in [6.07, 6.45) is 1.67. The average molecular weight is 358 g/mol. The molecule has 1 aromatic carbocycles. The minimum atomic E-state index is 0.447. The smallest absolute Gasteiger partial charge is 0.0919 e. The van der Waals surface area contributed by atoms with E-state index in [9.17, 15) is 0 Å². The molecule has 0 atom stereocenters. The lowest BCUT2D eigenvalue weighted by molar-refractivity contribution is 1.39. The molecule has 2 rings (SSSR count). The Morgan fingerprint density at radius 1 is 1.07 bits per heavy atom. The topological polar surface area (TPSA) is 12.9 Å². The van der Waals surface area contributed by atoms with Crippen LogP contribution in [0.1, 0.15) is 0 Å². The van der Waals surface area contributed by atoms with Crippen molar-refractivity contribution in [3.8, 4) is 0 Å². The van der Waals surface area contributed by atoms with E-state index >= 15 is 0 Å². The molecular formula is C9H3Cl3IN. The van der Waals surface area contributed by atoms with Crippen LogP contribution in [-0.2, 0) is 0 Å². The van der Waals surface area contributed by atoms with Crippen molar-refractivity contribution in [3.63, 3.8) is 0 Å². The normalized spacial score (nSPS) is 10.9. The molecule has 0 amide bonds. The standard InChI is InChI=1S/C9H3Cl3IN/c10-5-2-1-4-7(11)6(13)3-14-9(4)8(5)12/h1-3H. The molecule has 0 bridgehead atoms. The van der Waals surface area contributed by atoms with Crippen molar-refractivity contribution < 1.29 is 0 Å². The van der Waals surface area contributed by atoms with Crippen LogP contribution >= 0.6 is 57.4 Å². The predicted octanol–water partition coefficient (Wildman–Crippen LogP) is 4.80. The highest BCUT2D eigenvalue weighted by Crippen LogP contribution is 2.34. The molecule has 0 radical (unpaired) electrons. The molecule has 0 aliphatic heterocycles. The zero-order valence-corrected chi connectivity index (χ0v) is 11.1. The molecule has 2 aromatic rings. The fourth-order valence-electron chi connectivity index (χ4n) is 1.15. The van der Waals surface area contributed by atoms with Gasteiger partial charge in [-0.25, -0.2) is 0 Å². The Bertz CT molecular complexity index is 466. The van der Waals surface area contributed by atoms with Crippen LogP contribution in [0.2, 0.25) is 15.1 Å². The summed E-state index contributed by atoms with van der Waals surface area (Å²) < 4.78 is 0.898. The Morgan fingerprint density at radius 2 is 1.79 bits per heavy atom. The van der Waals surface area contributed by atoms with Gasteiger partial charge in [0.15, 0.2) is 0 Å². The third-order valence-corrected chi connectivity index (χ3v) is 4.16. The summed E-state index contributed by atoms with van der Waals surface area (Å²) in [7, 11) is 0. The first-order valence-electron chi connectivity index (χ1n) is 3.69. The number of hydrogen-bond donors (Lipinski definition) is 0. The Labute approximate surface area is 110 Å². The number of nitrogens with zero attached hydrogens (tertiary/aromatic N) is 1. The van der Waals surface area contributed by atoms with Gasteiger partial charge in [0.25, 0.3) is 0 Å². The number of halogens is 4. The number of hydrogen-bond acceptors (Lipinski definition) is 1. The van der Waals surface area contributed by atoms with Crippen LogP contribution in [0.3, 0.4) is 0 Å². The molecule has 1 aromatic heterocycles. The molecule has 0 spiro atoms. The fourth-order valence-corrected chi connectivity index (χ4v) is 2.15. The fraction of sp³-hybridized carbons (Fsp3) is 0. The van der Waals surface area contributed by atoms with Gasteiger partial charge in [-0.2, -0.15) is 0 Å². The second kappa shape index (κ2) is 4.00. The third kappa shape index (κ3) is 1.69. The first-order valence-corrected chi connectivity index (χ1v) is 5.90. The van der Waals surface area contributed by atoms with E-state index in [4.69, 9.17) is 34.8 Å². The molecule has 0 aliphatic carbocycles. The van der Waals surface area contributed by atoms with Gasteiger partial charge in [0, 0.05) is 11.6 Å². The molecule has 0 N–H and O–H groups in total. The van der Waals surface area contributed by atoms with E-state index < -0.39 is 0 Å². The lowest BCUT2D eigenvalue weighted by Gasteiger charge is -2.04. The molecule has 0 saturated heterocycles. The number of fused-ring (bicyclic) bond motifs is 1. The predicted molar refractivity (Wildman–Crippen MR) is 69.5 cm³/mol. The van der Waals surface area contributed by atoms with Gasteiger partial charge in [-0.1, -0.05) is 34.8 Å². The van der Waals surface area contributed by atoms with E-state index in [1.807, 2.05) is 6.07 Å². The van der Waals surface area contributed by atoms with Crippen molar-refractivity contribution in [2.75, 3.05) is 0 Å². The molecule has 1 heterocycles. The van der Waals surface area contributed by atoms with E-state index in [0.717, 1.165) is 8.96 Å². The van der Waals surface area contributed by atoms with Gasteiger partial charge >= 0.3 is 0 Å². The van der Waals surface area contributed by atoms with Crippen LogP contribution in [0.5, 0.6) is 0 Å². The molecule has 14 heavy (non-hydrogen) atoms. The number of rotatable bonds is 0. The van der Waals surface area contributed by atoms with E-state index in [1.165, 1.54) is 0 Å². The Morgan fingerprint density at radius 3 is 2.50 bits per heavy atom. The zero-order chi connectivity index (χ0) is 10.3. The quantitative estimate of drug-likeness (QED) is 0.617. The average Bonchev–Trinajstić information content (AvgIpc) is 2.17. The second-order valence-corrected chi connectivity index (χ2v) is 5.00. The molecule has 0 fully saturated rings. The van der Waals surface area contributed by atoms with Gasteiger partial charge in [-0.3, -0.25) is 4.98 Å². The highest BCUT2D eigenvalue weighted by molar-refractivity contribution is 14.1. The van der Waals surface area contributed by atoms with E-state index in [1.54, 1.807) is 12.3 Å². The summed E-state index contributed by atoms with van der Waals surface area (Å²) in [5.74, 6) is 0. The SMILES string of the molecule is Clc1ccc2c(Cl)c(I)cnc2c1Cl. The maximum atomic E-state index is 6.10. The largest absolute Gasteiger partial charge is 0.253 e. The van der Waals surface area contributed by atoms with Crippen LogP contribution in [0.15, 0.2) is 18.3 Å². The van der Waals surface area contributed by atoms with Crippen LogP contribution in [0.4, 0.5) is 0 Å². The third-order valence-electron chi connectivity index (χ3n) is 1.82. The maximum absolute atomic E-state index is 6.10. The highest BCUT2D eigenvalue weighted by Gasteiger charge is 2.09. The van der Waals surface area contributed by atoms with Gasteiger partial charge in [0.1, 0.15) is 0 Å². The first kappa shape index (κ1) is 10.7. The van der Waals surface area contributed by atoms with Gasteiger partial charge in [-0.15, -0.1) is 0 Å². The second-order valence-electron chi connectivity index (χ2n) is 2.68. The molecular weight excluding hydrogens is 355 g/mol. The molecule has 0 saturated carbocycles. The molecule has 0 unspecified atom stereocenters. The minimum Gasteiger partial charge on any atom is -0.253 e. The van der Waals surface area contributed by atoms with Crippen LogP contribution < -0.4 is 0 Å². The zero-order valence-electron chi connectivity index (χ0n) is 6.69. The summed E-state index contributed by atoms with van der Waals surface area (Å²) in [4.78, 5) is 4.19. The molecule has 1 nitrogen and oxygen atoms in total. The van der Waals surface area contributed by atoms with Crippen molar-refractivity contribution in [3.05, 3.63) is 37.0 Å². The van der Waals surface area contributed by atoms with E-state index in [-0.39, 0.29) is 0 Å². The minimum absolute atomic E-state index is 0.447. The Balaban J connectivity index is 2.94. The molecule has 5 heteroatoms. The summed E-state index contributed by atoms with van der Waals surface area (Å²) in [5, 5.41) is 2.42. The van der Waals surface area contributed by atoms with Gasteiger partial charge in [-0.05, 0) is 34.7 Å². The summed E-state index contributed by atoms with van der Waals surface area (Å²) in [5.41, 5.74) is 0.643. The first-order chi connectivity index (χ1) is 6.61. The molecule has 72 valence electrons. The lowest BCUT2D eigenvalue weighted by atomic mass is 10.2. The summed E-state index contributed by atoms with van der Waals surface area (Å²) >= 11 is 20.1. The van der Waals surface area contributed by atoms with Crippen molar-refractivity contribution in [1.82, 2.24) is 4.98 Å². The number of pyridine rings is 1. The lowest BCUT2D eigenvalue weighted by Crippen LogP contribution is -1.85. The monoisotopic (exact) mass is 357 g/mol.